The number of hydrogen-bond donors (Lipinski definition) is 3. The molecule has 102 valence electrons. The van der Waals surface area contributed by atoms with E-state index in [1.807, 2.05) is 0 Å². The van der Waals surface area contributed by atoms with E-state index in [1.165, 1.54) is 19.3 Å². The Kier molecular flexibility index (Phi) is 4.44. The maximum absolute atomic E-state index is 12.0. The first kappa shape index (κ1) is 13.2. The van der Waals surface area contributed by atoms with Crippen molar-refractivity contribution in [2.75, 3.05) is 6.54 Å². The largest absolute Gasteiger partial charge is 0.409 e. The van der Waals surface area contributed by atoms with Gasteiger partial charge in [0.25, 0.3) is 0 Å². The van der Waals surface area contributed by atoms with Crippen LogP contribution in [0, 0.1) is 17.8 Å². The summed E-state index contributed by atoms with van der Waals surface area (Å²) in [5.74, 6) is 2.23. The van der Waals surface area contributed by atoms with Gasteiger partial charge in [-0.25, -0.2) is 0 Å². The van der Waals surface area contributed by atoms with Crippen LogP contribution in [0.2, 0.25) is 0 Å². The van der Waals surface area contributed by atoms with Crippen LogP contribution in [0.5, 0.6) is 0 Å². The second-order valence-electron chi connectivity index (χ2n) is 5.62. The van der Waals surface area contributed by atoms with Crippen molar-refractivity contribution in [3.63, 3.8) is 0 Å². The number of amides is 1. The monoisotopic (exact) mass is 253 g/mol. The van der Waals surface area contributed by atoms with E-state index < -0.39 is 0 Å². The highest BCUT2D eigenvalue weighted by atomic mass is 16.4. The molecule has 2 fully saturated rings. The lowest BCUT2D eigenvalue weighted by atomic mass is 9.88. The number of nitrogens with one attached hydrogen (secondary N) is 1. The number of rotatable bonds is 6. The van der Waals surface area contributed by atoms with Crippen LogP contribution in [0.1, 0.15) is 44.9 Å². The SMILES string of the molecule is NC(CCCCNC(=O)C1CC2CCC1C2)=NO. The quantitative estimate of drug-likeness (QED) is 0.220. The summed E-state index contributed by atoms with van der Waals surface area (Å²) in [6.45, 7) is 0.700. The standard InChI is InChI=1S/C13H23N3O2/c14-12(16-18)3-1-2-6-15-13(17)11-8-9-4-5-10(11)7-9/h9-11,18H,1-8H2,(H2,14,16)(H,15,17). The van der Waals surface area contributed by atoms with E-state index in [0.717, 1.165) is 25.2 Å². The normalized spacial score (nSPS) is 30.7. The molecule has 18 heavy (non-hydrogen) atoms. The molecule has 1 amide bonds. The molecule has 4 N–H and O–H groups in total. The maximum atomic E-state index is 12.0. The summed E-state index contributed by atoms with van der Waals surface area (Å²) in [5.41, 5.74) is 5.37. The van der Waals surface area contributed by atoms with Crippen molar-refractivity contribution < 1.29 is 10.0 Å². The van der Waals surface area contributed by atoms with Crippen LogP contribution < -0.4 is 11.1 Å². The fourth-order valence-corrected chi connectivity index (χ4v) is 3.39. The predicted octanol–water partition coefficient (Wildman–Crippen LogP) is 1.46. The zero-order valence-corrected chi connectivity index (χ0v) is 10.8. The van der Waals surface area contributed by atoms with Gasteiger partial charge in [0, 0.05) is 18.9 Å². The summed E-state index contributed by atoms with van der Waals surface area (Å²) in [7, 11) is 0. The smallest absolute Gasteiger partial charge is 0.223 e. The average Bonchev–Trinajstić information content (AvgIpc) is 3.00. The molecule has 0 saturated heterocycles. The third-order valence-corrected chi connectivity index (χ3v) is 4.36. The minimum absolute atomic E-state index is 0.242. The van der Waals surface area contributed by atoms with Crippen LogP contribution in [-0.4, -0.2) is 23.5 Å². The third-order valence-electron chi connectivity index (χ3n) is 4.36. The molecule has 2 saturated carbocycles. The van der Waals surface area contributed by atoms with E-state index in [0.29, 0.717) is 18.9 Å². The van der Waals surface area contributed by atoms with Crippen molar-refractivity contribution in [1.82, 2.24) is 5.32 Å². The molecule has 2 bridgehead atoms. The van der Waals surface area contributed by atoms with E-state index in [4.69, 9.17) is 10.9 Å². The van der Waals surface area contributed by atoms with Gasteiger partial charge in [0.05, 0.1) is 0 Å². The van der Waals surface area contributed by atoms with Crippen molar-refractivity contribution in [3.8, 4) is 0 Å². The van der Waals surface area contributed by atoms with Crippen molar-refractivity contribution in [3.05, 3.63) is 0 Å². The zero-order chi connectivity index (χ0) is 13.0. The van der Waals surface area contributed by atoms with Gasteiger partial charge in [-0.1, -0.05) is 11.6 Å². The van der Waals surface area contributed by atoms with Crippen LogP contribution in [0.15, 0.2) is 5.16 Å². The number of carbonyl (C=O) groups is 1. The molecule has 5 heteroatoms. The fourth-order valence-electron chi connectivity index (χ4n) is 3.39. The Morgan fingerprint density at radius 3 is 2.78 bits per heavy atom. The molecular weight excluding hydrogens is 230 g/mol. The predicted molar refractivity (Wildman–Crippen MR) is 69.2 cm³/mol. The Bertz CT molecular complexity index is 330. The van der Waals surface area contributed by atoms with E-state index in [9.17, 15) is 4.79 Å². The number of nitrogens with two attached hydrogens (primary N) is 1. The molecule has 2 rings (SSSR count). The lowest BCUT2D eigenvalue weighted by Crippen LogP contribution is -2.34. The number of carbonyl (C=O) groups excluding carboxylic acids is 1. The van der Waals surface area contributed by atoms with E-state index >= 15 is 0 Å². The number of nitrogens with zero attached hydrogens (tertiary/aromatic N) is 1. The van der Waals surface area contributed by atoms with Gasteiger partial charge in [0.2, 0.25) is 5.91 Å². The Morgan fingerprint density at radius 1 is 1.33 bits per heavy atom. The molecule has 0 radical (unpaired) electrons. The molecular formula is C13H23N3O2. The topological polar surface area (TPSA) is 87.7 Å². The molecule has 0 aromatic rings. The van der Waals surface area contributed by atoms with Gasteiger partial charge in [-0.15, -0.1) is 0 Å². The molecule has 5 nitrogen and oxygen atoms in total. The summed E-state index contributed by atoms with van der Waals surface area (Å²) in [4.78, 5) is 12.0. The van der Waals surface area contributed by atoms with Gasteiger partial charge in [-0.3, -0.25) is 4.79 Å². The first-order chi connectivity index (χ1) is 8.70. The fraction of sp³-hybridized carbons (Fsp3) is 0.846. The van der Waals surface area contributed by atoms with Crippen LogP contribution in [0.3, 0.4) is 0 Å². The Morgan fingerprint density at radius 2 is 2.17 bits per heavy atom. The van der Waals surface area contributed by atoms with Crippen molar-refractivity contribution in [2.24, 2.45) is 28.6 Å². The Labute approximate surface area is 108 Å². The number of oxime groups is 1. The number of amidine groups is 1. The summed E-state index contributed by atoms with van der Waals surface area (Å²) >= 11 is 0. The summed E-state index contributed by atoms with van der Waals surface area (Å²) in [6, 6.07) is 0. The molecule has 0 aromatic carbocycles. The highest BCUT2D eigenvalue weighted by Gasteiger charge is 2.42. The van der Waals surface area contributed by atoms with Gasteiger partial charge < -0.3 is 16.3 Å². The number of fused-ring (bicyclic) bond motifs is 2. The second-order valence-corrected chi connectivity index (χ2v) is 5.62. The van der Waals surface area contributed by atoms with Gasteiger partial charge >= 0.3 is 0 Å². The lowest BCUT2D eigenvalue weighted by molar-refractivity contribution is -0.126. The third kappa shape index (κ3) is 3.15. The van der Waals surface area contributed by atoms with Crippen LogP contribution >= 0.6 is 0 Å². The van der Waals surface area contributed by atoms with Crippen molar-refractivity contribution in [2.45, 2.75) is 44.9 Å². The van der Waals surface area contributed by atoms with Crippen molar-refractivity contribution >= 4 is 11.7 Å². The average molecular weight is 253 g/mol. The Balaban J connectivity index is 1.58. The summed E-state index contributed by atoms with van der Waals surface area (Å²) in [5, 5.41) is 14.3. The highest BCUT2D eigenvalue weighted by Crippen LogP contribution is 2.48. The number of hydrogen-bond acceptors (Lipinski definition) is 3. The van der Waals surface area contributed by atoms with Crippen LogP contribution in [-0.2, 0) is 4.79 Å². The molecule has 3 unspecified atom stereocenters. The first-order valence-electron chi connectivity index (χ1n) is 6.95. The van der Waals surface area contributed by atoms with Gasteiger partial charge in [0.1, 0.15) is 5.84 Å². The highest BCUT2D eigenvalue weighted by molar-refractivity contribution is 5.80. The molecule has 3 atom stereocenters. The molecule has 0 heterocycles. The van der Waals surface area contributed by atoms with Crippen LogP contribution in [0.25, 0.3) is 0 Å². The summed E-state index contributed by atoms with van der Waals surface area (Å²) in [6.07, 6.45) is 7.23. The van der Waals surface area contributed by atoms with Gasteiger partial charge in [-0.05, 0) is 43.9 Å². The maximum Gasteiger partial charge on any atom is 0.223 e. The lowest BCUT2D eigenvalue weighted by Gasteiger charge is -2.20. The second kappa shape index (κ2) is 6.07. The minimum Gasteiger partial charge on any atom is -0.409 e. The number of unbranched alkanes of at least 4 members (excludes halogenated alkanes) is 1. The van der Waals surface area contributed by atoms with Crippen molar-refractivity contribution in [1.29, 1.82) is 0 Å². The molecule has 0 aromatic heterocycles. The van der Waals surface area contributed by atoms with Gasteiger partial charge in [-0.2, -0.15) is 0 Å². The molecule has 2 aliphatic carbocycles. The van der Waals surface area contributed by atoms with E-state index in [1.54, 1.807) is 0 Å². The summed E-state index contributed by atoms with van der Waals surface area (Å²) < 4.78 is 0. The molecule has 0 spiro atoms. The molecule has 2 aliphatic rings. The van der Waals surface area contributed by atoms with E-state index in [2.05, 4.69) is 10.5 Å². The first-order valence-corrected chi connectivity index (χ1v) is 6.95. The minimum atomic E-state index is 0.242. The zero-order valence-electron chi connectivity index (χ0n) is 10.8. The van der Waals surface area contributed by atoms with Crippen LogP contribution in [0.4, 0.5) is 0 Å². The Hall–Kier alpha value is -1.26. The molecule has 0 aliphatic heterocycles. The van der Waals surface area contributed by atoms with Gasteiger partial charge in [0.15, 0.2) is 0 Å². The van der Waals surface area contributed by atoms with E-state index in [-0.39, 0.29) is 17.7 Å².